The van der Waals surface area contributed by atoms with Crippen molar-refractivity contribution in [2.24, 2.45) is 5.92 Å². The van der Waals surface area contributed by atoms with Crippen LogP contribution in [0.3, 0.4) is 0 Å². The molecule has 1 saturated carbocycles. The van der Waals surface area contributed by atoms with Gasteiger partial charge in [-0.15, -0.1) is 0 Å². The van der Waals surface area contributed by atoms with Crippen LogP contribution in [0.5, 0.6) is 0 Å². The number of alkyl halides is 1. The third kappa shape index (κ3) is 0.986. The molecule has 1 heterocycles. The second kappa shape index (κ2) is 2.57. The molecule has 0 radical (unpaired) electrons. The van der Waals surface area contributed by atoms with E-state index < -0.39 is 0 Å². The average molecular weight is 202 g/mol. The molecule has 0 amide bonds. The van der Waals surface area contributed by atoms with Gasteiger partial charge in [0.2, 0.25) is 0 Å². The van der Waals surface area contributed by atoms with E-state index in [-0.39, 0.29) is 0 Å². The summed E-state index contributed by atoms with van der Waals surface area (Å²) in [5, 5.41) is 3.38. The minimum Gasteiger partial charge on any atom is -0.387 e. The highest BCUT2D eigenvalue weighted by atomic mass is 79.9. The maximum absolute atomic E-state index is 3.69. The Morgan fingerprint density at radius 3 is 3.10 bits per heavy atom. The molecule has 2 rings (SSSR count). The molecule has 0 spiro atoms. The molecule has 0 aromatic carbocycles. The Kier molecular flexibility index (Phi) is 1.73. The van der Waals surface area contributed by atoms with Crippen LogP contribution in [-0.2, 0) is 0 Å². The van der Waals surface area contributed by atoms with Crippen molar-refractivity contribution < 1.29 is 0 Å². The Labute approximate surface area is 70.0 Å². The third-order valence-electron chi connectivity index (χ3n) is 2.50. The van der Waals surface area contributed by atoms with Gasteiger partial charge in [0.25, 0.3) is 0 Å². The van der Waals surface area contributed by atoms with Crippen LogP contribution in [0.2, 0.25) is 0 Å². The summed E-state index contributed by atoms with van der Waals surface area (Å²) in [6, 6.07) is 0.689. The fraction of sp³-hybridized carbons (Fsp3) is 0.750. The van der Waals surface area contributed by atoms with E-state index in [1.54, 1.807) is 0 Å². The molecule has 1 nitrogen and oxygen atoms in total. The summed E-state index contributed by atoms with van der Waals surface area (Å²) in [5.41, 5.74) is 0. The van der Waals surface area contributed by atoms with E-state index in [1.807, 2.05) is 0 Å². The molecule has 0 aromatic rings. The molecule has 3 unspecified atom stereocenters. The van der Waals surface area contributed by atoms with Crippen molar-refractivity contribution in [2.75, 3.05) is 0 Å². The van der Waals surface area contributed by atoms with Gasteiger partial charge < -0.3 is 5.32 Å². The normalized spacial score (nSPS) is 44.7. The summed E-state index contributed by atoms with van der Waals surface area (Å²) in [5.74, 6) is 0.804. The van der Waals surface area contributed by atoms with E-state index in [9.17, 15) is 0 Å². The summed E-state index contributed by atoms with van der Waals surface area (Å²) < 4.78 is 0. The number of fused-ring (bicyclic) bond motifs is 1. The maximum Gasteiger partial charge on any atom is 0.0444 e. The van der Waals surface area contributed by atoms with E-state index in [2.05, 4.69) is 33.5 Å². The summed E-state index contributed by atoms with van der Waals surface area (Å²) in [6.07, 6.45) is 8.49. The maximum atomic E-state index is 3.69. The lowest BCUT2D eigenvalue weighted by atomic mass is 9.86. The standard InChI is InChI=1S/C8H12BrN/c9-7-3-1-2-6-4-5-10-8(6)7/h4-8,10H,1-3H2. The lowest BCUT2D eigenvalue weighted by molar-refractivity contribution is 0.365. The van der Waals surface area contributed by atoms with Crippen LogP contribution < -0.4 is 5.32 Å². The Bertz CT molecular complexity index is 155. The van der Waals surface area contributed by atoms with E-state index in [0.29, 0.717) is 10.9 Å². The third-order valence-corrected chi connectivity index (χ3v) is 3.53. The van der Waals surface area contributed by atoms with Crippen molar-refractivity contribution in [1.29, 1.82) is 0 Å². The lowest BCUT2D eigenvalue weighted by Crippen LogP contribution is -2.38. The van der Waals surface area contributed by atoms with Gasteiger partial charge in [-0.05, 0) is 25.0 Å². The minimum absolute atomic E-state index is 0.689. The first-order valence-corrected chi connectivity index (χ1v) is 4.86. The second-order valence-corrected chi connectivity index (χ2v) is 4.34. The van der Waals surface area contributed by atoms with Gasteiger partial charge in [-0.1, -0.05) is 28.4 Å². The molecule has 1 aliphatic carbocycles. The van der Waals surface area contributed by atoms with Crippen molar-refractivity contribution in [3.05, 3.63) is 12.3 Å². The first kappa shape index (κ1) is 6.71. The number of hydrogen-bond acceptors (Lipinski definition) is 1. The highest BCUT2D eigenvalue weighted by molar-refractivity contribution is 9.09. The zero-order valence-corrected chi connectivity index (χ0v) is 7.47. The number of nitrogens with one attached hydrogen (secondary N) is 1. The highest BCUT2D eigenvalue weighted by Gasteiger charge is 2.31. The summed E-state index contributed by atoms with van der Waals surface area (Å²) in [6.45, 7) is 0. The van der Waals surface area contributed by atoms with Crippen LogP contribution in [0.4, 0.5) is 0 Å². The van der Waals surface area contributed by atoms with Crippen LogP contribution in [0.15, 0.2) is 12.3 Å². The van der Waals surface area contributed by atoms with E-state index in [4.69, 9.17) is 0 Å². The average Bonchev–Trinajstić information content (AvgIpc) is 2.36. The van der Waals surface area contributed by atoms with Gasteiger partial charge in [0, 0.05) is 10.9 Å². The molecule has 1 N–H and O–H groups in total. The molecule has 0 aromatic heterocycles. The number of halogens is 1. The number of hydrogen-bond donors (Lipinski definition) is 1. The van der Waals surface area contributed by atoms with Crippen LogP contribution in [0.1, 0.15) is 19.3 Å². The molecule has 56 valence electrons. The SMILES string of the molecule is BrC1CCCC2C=CNC12. The van der Waals surface area contributed by atoms with Gasteiger partial charge >= 0.3 is 0 Å². The van der Waals surface area contributed by atoms with Crippen LogP contribution in [0, 0.1) is 5.92 Å². The van der Waals surface area contributed by atoms with Gasteiger partial charge in [0.15, 0.2) is 0 Å². The fourth-order valence-corrected chi connectivity index (χ4v) is 2.78. The Hall–Kier alpha value is 0.0200. The molecular weight excluding hydrogens is 190 g/mol. The number of rotatable bonds is 0. The van der Waals surface area contributed by atoms with Crippen molar-refractivity contribution in [3.8, 4) is 0 Å². The molecule has 10 heavy (non-hydrogen) atoms. The molecule has 3 atom stereocenters. The summed E-state index contributed by atoms with van der Waals surface area (Å²) in [7, 11) is 0. The molecule has 2 heteroatoms. The van der Waals surface area contributed by atoms with Gasteiger partial charge in [-0.3, -0.25) is 0 Å². The fourth-order valence-electron chi connectivity index (χ4n) is 1.91. The predicted molar refractivity (Wildman–Crippen MR) is 46.1 cm³/mol. The molecular formula is C8H12BrN. The Balaban J connectivity index is 2.07. The van der Waals surface area contributed by atoms with E-state index in [0.717, 1.165) is 5.92 Å². The van der Waals surface area contributed by atoms with Gasteiger partial charge in [0.05, 0.1) is 0 Å². The second-order valence-electron chi connectivity index (χ2n) is 3.16. The van der Waals surface area contributed by atoms with Crippen LogP contribution >= 0.6 is 15.9 Å². The molecule has 2 aliphatic rings. The minimum atomic E-state index is 0.689. The van der Waals surface area contributed by atoms with Gasteiger partial charge in [-0.25, -0.2) is 0 Å². The first-order chi connectivity index (χ1) is 4.88. The van der Waals surface area contributed by atoms with Crippen LogP contribution in [0.25, 0.3) is 0 Å². The lowest BCUT2D eigenvalue weighted by Gasteiger charge is -2.29. The summed E-state index contributed by atoms with van der Waals surface area (Å²) >= 11 is 3.69. The first-order valence-electron chi connectivity index (χ1n) is 3.95. The van der Waals surface area contributed by atoms with Gasteiger partial charge in [0.1, 0.15) is 0 Å². The molecule has 1 fully saturated rings. The van der Waals surface area contributed by atoms with Crippen LogP contribution in [-0.4, -0.2) is 10.9 Å². The van der Waals surface area contributed by atoms with Crippen molar-refractivity contribution in [2.45, 2.75) is 30.1 Å². The van der Waals surface area contributed by atoms with Crippen molar-refractivity contribution in [3.63, 3.8) is 0 Å². The Morgan fingerprint density at radius 1 is 1.40 bits per heavy atom. The van der Waals surface area contributed by atoms with E-state index >= 15 is 0 Å². The van der Waals surface area contributed by atoms with Crippen molar-refractivity contribution >= 4 is 15.9 Å². The summed E-state index contributed by atoms with van der Waals surface area (Å²) in [4.78, 5) is 0.696. The van der Waals surface area contributed by atoms with Gasteiger partial charge in [-0.2, -0.15) is 0 Å². The molecule has 1 aliphatic heterocycles. The zero-order chi connectivity index (χ0) is 6.97. The Morgan fingerprint density at radius 2 is 2.30 bits per heavy atom. The molecule has 0 bridgehead atoms. The monoisotopic (exact) mass is 201 g/mol. The zero-order valence-electron chi connectivity index (χ0n) is 5.89. The van der Waals surface area contributed by atoms with Crippen molar-refractivity contribution in [1.82, 2.24) is 5.32 Å². The topological polar surface area (TPSA) is 12.0 Å². The smallest absolute Gasteiger partial charge is 0.0444 e. The quantitative estimate of drug-likeness (QED) is 0.592. The van der Waals surface area contributed by atoms with E-state index in [1.165, 1.54) is 19.3 Å². The highest BCUT2D eigenvalue weighted by Crippen LogP contribution is 2.32. The molecule has 0 saturated heterocycles. The largest absolute Gasteiger partial charge is 0.387 e. The predicted octanol–water partition coefficient (Wildman–Crippen LogP) is 2.04.